The van der Waals surface area contributed by atoms with Crippen molar-refractivity contribution in [3.8, 4) is 0 Å². The first-order valence-corrected chi connectivity index (χ1v) is 10.9. The molecule has 2 fully saturated rings. The summed E-state index contributed by atoms with van der Waals surface area (Å²) in [5.74, 6) is 0.905. The molecule has 2 aliphatic carbocycles. The van der Waals surface area contributed by atoms with Crippen molar-refractivity contribution < 1.29 is 13.9 Å². The molecular weight excluding hydrogens is 363 g/mol. The van der Waals surface area contributed by atoms with Crippen LogP contribution in [0, 0.1) is 17.8 Å². The standard InChI is InChI=1S/C26H31FO2/c1-18(2)22-15-14-19(3)16-23(22)29-24(28)25(20-10-6-4-7-11-20)17-26(25,27)21-12-8-5-9-13-21/h4-13,18-19,22-23H,14-17H2,1-3H3/t19-,22+,23-,25-,26+/m1/s1. The minimum Gasteiger partial charge on any atom is -0.461 e. The van der Waals surface area contributed by atoms with Gasteiger partial charge in [0.25, 0.3) is 0 Å². The van der Waals surface area contributed by atoms with Gasteiger partial charge in [-0.2, -0.15) is 0 Å². The van der Waals surface area contributed by atoms with E-state index in [2.05, 4.69) is 20.8 Å². The molecule has 2 saturated carbocycles. The Bertz CT molecular complexity index is 850. The normalized spacial score (nSPS) is 34.0. The van der Waals surface area contributed by atoms with Gasteiger partial charge in [0.1, 0.15) is 11.5 Å². The van der Waals surface area contributed by atoms with Crippen LogP contribution in [-0.4, -0.2) is 12.1 Å². The number of hydrogen-bond donors (Lipinski definition) is 0. The van der Waals surface area contributed by atoms with Gasteiger partial charge in [0, 0.05) is 6.42 Å². The first-order chi connectivity index (χ1) is 13.9. The summed E-state index contributed by atoms with van der Waals surface area (Å²) in [6.45, 7) is 6.59. The molecule has 154 valence electrons. The van der Waals surface area contributed by atoms with Gasteiger partial charge in [-0.1, -0.05) is 87.9 Å². The Balaban J connectivity index is 1.67. The number of rotatable bonds is 5. The molecule has 0 unspecified atom stereocenters. The van der Waals surface area contributed by atoms with E-state index in [4.69, 9.17) is 4.74 Å². The average Bonchev–Trinajstić information content (AvgIpc) is 3.38. The molecule has 29 heavy (non-hydrogen) atoms. The van der Waals surface area contributed by atoms with Crippen molar-refractivity contribution >= 4 is 5.97 Å². The molecule has 0 radical (unpaired) electrons. The van der Waals surface area contributed by atoms with Crippen LogP contribution >= 0.6 is 0 Å². The lowest BCUT2D eigenvalue weighted by atomic mass is 9.75. The summed E-state index contributed by atoms with van der Waals surface area (Å²) in [6.07, 6.45) is 3.10. The lowest BCUT2D eigenvalue weighted by Crippen LogP contribution is -2.40. The van der Waals surface area contributed by atoms with Crippen LogP contribution in [0.25, 0.3) is 0 Å². The van der Waals surface area contributed by atoms with E-state index < -0.39 is 17.1 Å². The van der Waals surface area contributed by atoms with Crippen molar-refractivity contribution in [2.75, 3.05) is 0 Å². The zero-order valence-electron chi connectivity index (χ0n) is 17.6. The zero-order valence-corrected chi connectivity index (χ0v) is 17.6. The second-order valence-electron chi connectivity index (χ2n) is 9.39. The molecule has 0 spiro atoms. The minimum absolute atomic E-state index is 0.132. The third-order valence-electron chi connectivity index (χ3n) is 7.13. The maximum Gasteiger partial charge on any atom is 0.320 e. The Morgan fingerprint density at radius 2 is 1.59 bits per heavy atom. The zero-order chi connectivity index (χ0) is 20.6. The summed E-state index contributed by atoms with van der Waals surface area (Å²) in [5, 5.41) is 0. The summed E-state index contributed by atoms with van der Waals surface area (Å²) >= 11 is 0. The molecular formula is C26H31FO2. The maximum absolute atomic E-state index is 16.3. The van der Waals surface area contributed by atoms with E-state index >= 15 is 4.39 Å². The summed E-state index contributed by atoms with van der Waals surface area (Å²) in [6, 6.07) is 18.4. The largest absolute Gasteiger partial charge is 0.461 e. The fourth-order valence-electron chi connectivity index (χ4n) is 5.27. The number of carbonyl (C=O) groups excluding carboxylic acids is 1. The molecule has 2 aromatic rings. The highest BCUT2D eigenvalue weighted by atomic mass is 19.1. The van der Waals surface area contributed by atoms with Crippen LogP contribution < -0.4 is 0 Å². The fourth-order valence-corrected chi connectivity index (χ4v) is 5.27. The molecule has 0 N–H and O–H groups in total. The number of alkyl halides is 1. The van der Waals surface area contributed by atoms with Crippen molar-refractivity contribution in [1.29, 1.82) is 0 Å². The second kappa shape index (κ2) is 7.59. The number of esters is 1. The highest BCUT2D eigenvalue weighted by Gasteiger charge is 2.76. The van der Waals surface area contributed by atoms with Crippen LogP contribution in [0.4, 0.5) is 4.39 Å². The lowest BCUT2D eigenvalue weighted by molar-refractivity contribution is -0.160. The molecule has 2 aromatic carbocycles. The molecule has 2 aliphatic rings. The van der Waals surface area contributed by atoms with Crippen molar-refractivity contribution in [2.24, 2.45) is 17.8 Å². The lowest BCUT2D eigenvalue weighted by Gasteiger charge is -2.37. The van der Waals surface area contributed by atoms with Crippen LogP contribution in [0.2, 0.25) is 0 Å². The van der Waals surface area contributed by atoms with Gasteiger partial charge in [0.05, 0.1) is 0 Å². The SMILES string of the molecule is CC(C)[C@@H]1CC[C@@H](C)C[C@H]1OC(=O)[C@]1(c2ccccc2)C[C@]1(F)c1ccccc1. The quantitative estimate of drug-likeness (QED) is 0.565. The van der Waals surface area contributed by atoms with E-state index in [-0.39, 0.29) is 12.5 Å². The van der Waals surface area contributed by atoms with Gasteiger partial charge in [-0.15, -0.1) is 0 Å². The van der Waals surface area contributed by atoms with Crippen LogP contribution in [0.15, 0.2) is 60.7 Å². The monoisotopic (exact) mass is 394 g/mol. The highest BCUT2D eigenvalue weighted by molar-refractivity contribution is 5.90. The van der Waals surface area contributed by atoms with Gasteiger partial charge in [0.2, 0.25) is 0 Å². The molecule has 0 saturated heterocycles. The topological polar surface area (TPSA) is 26.3 Å². The molecule has 0 amide bonds. The van der Waals surface area contributed by atoms with Gasteiger partial charge < -0.3 is 4.74 Å². The Kier molecular flexibility index (Phi) is 5.27. The van der Waals surface area contributed by atoms with E-state index in [0.29, 0.717) is 28.9 Å². The van der Waals surface area contributed by atoms with Gasteiger partial charge in [0.15, 0.2) is 5.67 Å². The summed E-state index contributed by atoms with van der Waals surface area (Å²) in [4.78, 5) is 13.6. The van der Waals surface area contributed by atoms with E-state index in [1.807, 2.05) is 48.5 Å². The average molecular weight is 395 g/mol. The number of carbonyl (C=O) groups is 1. The van der Waals surface area contributed by atoms with E-state index in [1.165, 1.54) is 0 Å². The third-order valence-corrected chi connectivity index (χ3v) is 7.13. The Morgan fingerprint density at radius 1 is 1.00 bits per heavy atom. The maximum atomic E-state index is 16.3. The Labute approximate surface area is 173 Å². The van der Waals surface area contributed by atoms with Crippen LogP contribution in [-0.2, 0) is 20.6 Å². The summed E-state index contributed by atoms with van der Waals surface area (Å²) in [7, 11) is 0. The van der Waals surface area contributed by atoms with Crippen LogP contribution in [0.1, 0.15) is 57.6 Å². The van der Waals surface area contributed by atoms with Gasteiger partial charge >= 0.3 is 5.97 Å². The highest BCUT2D eigenvalue weighted by Crippen LogP contribution is 2.67. The summed E-state index contributed by atoms with van der Waals surface area (Å²) in [5.41, 5.74) is -1.71. The molecule has 0 bridgehead atoms. The van der Waals surface area contributed by atoms with Gasteiger partial charge in [-0.05, 0) is 41.7 Å². The van der Waals surface area contributed by atoms with Gasteiger partial charge in [-0.25, -0.2) is 4.39 Å². The number of ether oxygens (including phenoxy) is 1. The molecule has 3 heteroatoms. The van der Waals surface area contributed by atoms with E-state index in [1.54, 1.807) is 12.1 Å². The molecule has 0 aromatic heterocycles. The smallest absolute Gasteiger partial charge is 0.320 e. The van der Waals surface area contributed by atoms with Crippen molar-refractivity contribution in [3.05, 3.63) is 71.8 Å². The van der Waals surface area contributed by atoms with Crippen LogP contribution in [0.5, 0.6) is 0 Å². The first-order valence-electron chi connectivity index (χ1n) is 10.9. The second-order valence-corrected chi connectivity index (χ2v) is 9.39. The summed E-state index contributed by atoms with van der Waals surface area (Å²) < 4.78 is 22.4. The first kappa shape index (κ1) is 20.1. The predicted octanol–water partition coefficient (Wildman–Crippen LogP) is 6.20. The van der Waals surface area contributed by atoms with Crippen molar-refractivity contribution in [3.63, 3.8) is 0 Å². The van der Waals surface area contributed by atoms with Crippen LogP contribution in [0.3, 0.4) is 0 Å². The van der Waals surface area contributed by atoms with Crippen molar-refractivity contribution in [1.82, 2.24) is 0 Å². The number of halogens is 1. The van der Waals surface area contributed by atoms with E-state index in [0.717, 1.165) is 19.3 Å². The van der Waals surface area contributed by atoms with Gasteiger partial charge in [-0.3, -0.25) is 4.79 Å². The van der Waals surface area contributed by atoms with Crippen molar-refractivity contribution in [2.45, 2.75) is 63.6 Å². The number of hydrogen-bond acceptors (Lipinski definition) is 2. The molecule has 2 nitrogen and oxygen atoms in total. The molecule has 0 heterocycles. The Hall–Kier alpha value is -2.16. The Morgan fingerprint density at radius 3 is 2.17 bits per heavy atom. The van der Waals surface area contributed by atoms with E-state index in [9.17, 15) is 4.79 Å². The third kappa shape index (κ3) is 3.39. The number of benzene rings is 2. The fraction of sp³-hybridized carbons (Fsp3) is 0.500. The minimum atomic E-state index is -1.72. The molecule has 4 rings (SSSR count). The molecule has 5 atom stereocenters. The molecule has 0 aliphatic heterocycles. The predicted molar refractivity (Wildman–Crippen MR) is 113 cm³/mol.